The van der Waals surface area contributed by atoms with Gasteiger partial charge in [0.05, 0.1) is 5.60 Å². The molecule has 0 heterocycles. The summed E-state index contributed by atoms with van der Waals surface area (Å²) in [6.45, 7) is 4.01. The first-order valence-electron chi connectivity index (χ1n) is 6.96. The Kier molecular flexibility index (Phi) is 4.34. The van der Waals surface area contributed by atoms with E-state index in [1.165, 1.54) is 24.8 Å². The van der Waals surface area contributed by atoms with E-state index in [9.17, 15) is 5.11 Å². The van der Waals surface area contributed by atoms with Crippen LogP contribution in [0.25, 0.3) is 0 Å². The second kappa shape index (κ2) is 5.63. The monoisotopic (exact) mass is 266 g/mol. The van der Waals surface area contributed by atoms with E-state index in [-0.39, 0.29) is 0 Å². The molecule has 18 heavy (non-hydrogen) atoms. The number of hydrogen-bond donors (Lipinski definition) is 1. The fraction of sp³-hybridized carbons (Fsp3) is 0.625. The van der Waals surface area contributed by atoms with E-state index < -0.39 is 5.60 Å². The van der Waals surface area contributed by atoms with Crippen LogP contribution in [0.4, 0.5) is 0 Å². The summed E-state index contributed by atoms with van der Waals surface area (Å²) < 4.78 is 0. The molecule has 1 saturated carbocycles. The normalized spacial score (nSPS) is 20.7. The van der Waals surface area contributed by atoms with E-state index in [1.807, 2.05) is 19.9 Å². The van der Waals surface area contributed by atoms with Crippen LogP contribution >= 0.6 is 11.6 Å². The van der Waals surface area contributed by atoms with Gasteiger partial charge in [-0.3, -0.25) is 0 Å². The average molecular weight is 267 g/mol. The standard InChI is InChI=1S/C16H23ClO/c1-12-8-9-13(15(17)10-12)11-16(2,18)14-6-4-3-5-7-14/h8-10,14,18H,3-7,11H2,1-2H3. The first-order chi connectivity index (χ1) is 8.49. The number of benzene rings is 1. The zero-order valence-corrected chi connectivity index (χ0v) is 12.1. The van der Waals surface area contributed by atoms with Gasteiger partial charge in [-0.25, -0.2) is 0 Å². The number of aryl methyl sites for hydroxylation is 1. The van der Waals surface area contributed by atoms with Crippen LogP contribution in [0, 0.1) is 12.8 Å². The van der Waals surface area contributed by atoms with Crippen LogP contribution in [-0.2, 0) is 6.42 Å². The molecular weight excluding hydrogens is 244 g/mol. The highest BCUT2D eigenvalue weighted by Crippen LogP contribution is 2.35. The van der Waals surface area contributed by atoms with Gasteiger partial charge in [-0.2, -0.15) is 0 Å². The molecule has 1 fully saturated rings. The third-order valence-electron chi connectivity index (χ3n) is 4.24. The van der Waals surface area contributed by atoms with Crippen LogP contribution in [0.15, 0.2) is 18.2 Å². The Morgan fingerprint density at radius 1 is 1.28 bits per heavy atom. The quantitative estimate of drug-likeness (QED) is 0.853. The molecule has 1 aliphatic rings. The van der Waals surface area contributed by atoms with E-state index in [0.29, 0.717) is 12.3 Å². The van der Waals surface area contributed by atoms with Gasteiger partial charge in [0.2, 0.25) is 0 Å². The summed E-state index contributed by atoms with van der Waals surface area (Å²) in [6, 6.07) is 6.10. The van der Waals surface area contributed by atoms with Gasteiger partial charge in [0, 0.05) is 11.4 Å². The van der Waals surface area contributed by atoms with Gasteiger partial charge in [0.15, 0.2) is 0 Å². The number of halogens is 1. The van der Waals surface area contributed by atoms with Gasteiger partial charge in [-0.15, -0.1) is 0 Å². The minimum atomic E-state index is -0.626. The summed E-state index contributed by atoms with van der Waals surface area (Å²) in [4.78, 5) is 0. The lowest BCUT2D eigenvalue weighted by atomic mass is 9.75. The SMILES string of the molecule is Cc1ccc(CC(C)(O)C2CCCCC2)c(Cl)c1. The molecule has 2 rings (SSSR count). The highest BCUT2D eigenvalue weighted by Gasteiger charge is 2.33. The second-order valence-electron chi connectivity index (χ2n) is 5.96. The van der Waals surface area contributed by atoms with Crippen molar-refractivity contribution in [2.24, 2.45) is 5.92 Å². The van der Waals surface area contributed by atoms with Crippen molar-refractivity contribution in [3.8, 4) is 0 Å². The van der Waals surface area contributed by atoms with Crippen molar-refractivity contribution in [1.82, 2.24) is 0 Å². The molecule has 1 N–H and O–H groups in total. The number of rotatable bonds is 3. The molecule has 0 aromatic heterocycles. The van der Waals surface area contributed by atoms with Gasteiger partial charge >= 0.3 is 0 Å². The molecule has 2 heteroatoms. The molecule has 1 nitrogen and oxygen atoms in total. The van der Waals surface area contributed by atoms with Crippen LogP contribution in [0.1, 0.15) is 50.2 Å². The summed E-state index contributed by atoms with van der Waals surface area (Å²) in [5, 5.41) is 11.5. The molecule has 0 bridgehead atoms. The highest BCUT2D eigenvalue weighted by atomic mass is 35.5. The molecule has 100 valence electrons. The Morgan fingerprint density at radius 3 is 2.56 bits per heavy atom. The van der Waals surface area contributed by atoms with Crippen molar-refractivity contribution in [2.75, 3.05) is 0 Å². The Bertz CT molecular complexity index is 406. The third kappa shape index (κ3) is 3.27. The zero-order chi connectivity index (χ0) is 13.2. The van der Waals surface area contributed by atoms with Crippen LogP contribution < -0.4 is 0 Å². The van der Waals surface area contributed by atoms with Gasteiger partial charge in [0.1, 0.15) is 0 Å². The van der Waals surface area contributed by atoms with E-state index in [2.05, 4.69) is 12.1 Å². The molecule has 1 aliphatic carbocycles. The minimum absolute atomic E-state index is 0.420. The molecule has 1 unspecified atom stereocenters. The van der Waals surface area contributed by atoms with Gasteiger partial charge in [0.25, 0.3) is 0 Å². The Morgan fingerprint density at radius 2 is 1.94 bits per heavy atom. The summed E-state index contributed by atoms with van der Waals surface area (Å²) in [6.07, 6.45) is 6.78. The second-order valence-corrected chi connectivity index (χ2v) is 6.37. The van der Waals surface area contributed by atoms with Crippen molar-refractivity contribution >= 4 is 11.6 Å². The fourth-order valence-electron chi connectivity index (χ4n) is 3.05. The molecule has 1 aromatic carbocycles. The zero-order valence-electron chi connectivity index (χ0n) is 11.4. The van der Waals surface area contributed by atoms with E-state index in [0.717, 1.165) is 23.4 Å². The van der Waals surface area contributed by atoms with Gasteiger partial charge < -0.3 is 5.11 Å². The molecule has 0 spiro atoms. The molecule has 0 aliphatic heterocycles. The Balaban J connectivity index is 2.10. The maximum Gasteiger partial charge on any atom is 0.0688 e. The summed E-state index contributed by atoms with van der Waals surface area (Å²) in [7, 11) is 0. The maximum absolute atomic E-state index is 10.7. The molecule has 1 aromatic rings. The summed E-state index contributed by atoms with van der Waals surface area (Å²) in [5.41, 5.74) is 1.61. The van der Waals surface area contributed by atoms with Crippen LogP contribution in [0.5, 0.6) is 0 Å². The first kappa shape index (κ1) is 13.9. The molecule has 0 amide bonds. The largest absolute Gasteiger partial charge is 0.390 e. The van der Waals surface area contributed by atoms with E-state index >= 15 is 0 Å². The van der Waals surface area contributed by atoms with Crippen LogP contribution in [0.3, 0.4) is 0 Å². The van der Waals surface area contributed by atoms with Crippen molar-refractivity contribution in [3.63, 3.8) is 0 Å². The maximum atomic E-state index is 10.7. The molecule has 0 radical (unpaired) electrons. The predicted octanol–water partition coefficient (Wildman–Crippen LogP) is 4.52. The average Bonchev–Trinajstić information content (AvgIpc) is 2.34. The lowest BCUT2D eigenvalue weighted by molar-refractivity contribution is -0.0159. The van der Waals surface area contributed by atoms with Crippen LogP contribution in [-0.4, -0.2) is 10.7 Å². The Hall–Kier alpha value is -0.530. The van der Waals surface area contributed by atoms with E-state index in [4.69, 9.17) is 11.6 Å². The summed E-state index contributed by atoms with van der Waals surface area (Å²) >= 11 is 6.26. The van der Waals surface area contributed by atoms with Gasteiger partial charge in [-0.1, -0.05) is 43.0 Å². The van der Waals surface area contributed by atoms with Crippen molar-refractivity contribution in [1.29, 1.82) is 0 Å². The minimum Gasteiger partial charge on any atom is -0.390 e. The van der Waals surface area contributed by atoms with Crippen molar-refractivity contribution in [3.05, 3.63) is 34.3 Å². The number of aliphatic hydroxyl groups is 1. The van der Waals surface area contributed by atoms with Crippen LogP contribution in [0.2, 0.25) is 5.02 Å². The molecule has 1 atom stereocenters. The Labute approximate surface area is 115 Å². The fourth-order valence-corrected chi connectivity index (χ4v) is 3.35. The molecule has 0 saturated heterocycles. The lowest BCUT2D eigenvalue weighted by Crippen LogP contribution is -2.38. The molecular formula is C16H23ClO. The predicted molar refractivity (Wildman–Crippen MR) is 77.1 cm³/mol. The van der Waals surface area contributed by atoms with E-state index in [1.54, 1.807) is 0 Å². The first-order valence-corrected chi connectivity index (χ1v) is 7.34. The smallest absolute Gasteiger partial charge is 0.0688 e. The van der Waals surface area contributed by atoms with Crippen molar-refractivity contribution < 1.29 is 5.11 Å². The highest BCUT2D eigenvalue weighted by molar-refractivity contribution is 6.31. The lowest BCUT2D eigenvalue weighted by Gasteiger charge is -2.36. The topological polar surface area (TPSA) is 20.2 Å². The number of hydrogen-bond acceptors (Lipinski definition) is 1. The summed E-state index contributed by atoms with van der Waals surface area (Å²) in [5.74, 6) is 0.420. The van der Waals surface area contributed by atoms with Crippen molar-refractivity contribution in [2.45, 2.75) is 58.0 Å². The van der Waals surface area contributed by atoms with Gasteiger partial charge in [-0.05, 0) is 49.8 Å². The third-order valence-corrected chi connectivity index (χ3v) is 4.59.